The Kier molecular flexibility index (Phi) is 3.19. The van der Waals surface area contributed by atoms with Crippen LogP contribution in [0.2, 0.25) is 0 Å². The van der Waals surface area contributed by atoms with Gasteiger partial charge in [0, 0.05) is 13.3 Å². The molecular formula is C11H13FN4O2S. The fourth-order valence-corrected chi connectivity index (χ4v) is 2.71. The van der Waals surface area contributed by atoms with Crippen LogP contribution in [-0.4, -0.2) is 31.5 Å². The number of aromatic nitrogens is 2. The van der Waals surface area contributed by atoms with Gasteiger partial charge in [-0.05, 0) is 18.2 Å². The van der Waals surface area contributed by atoms with Crippen LogP contribution in [-0.2, 0) is 9.84 Å². The summed E-state index contributed by atoms with van der Waals surface area (Å²) in [6, 6.07) is 5.57. The van der Waals surface area contributed by atoms with Crippen molar-refractivity contribution in [3.8, 4) is 5.69 Å². The predicted molar refractivity (Wildman–Crippen MR) is 70.6 cm³/mol. The molecule has 0 aliphatic rings. The molecule has 1 heterocycles. The first-order valence-corrected chi connectivity index (χ1v) is 7.26. The summed E-state index contributed by atoms with van der Waals surface area (Å²) in [7, 11) is -2.00. The van der Waals surface area contributed by atoms with Crippen LogP contribution < -0.4 is 11.1 Å². The number of halogens is 1. The van der Waals surface area contributed by atoms with Crippen LogP contribution in [0.15, 0.2) is 29.2 Å². The standard InChI is InChI=1S/C11H13FN4O2S/c1-14-11-9(19(2,17)18)10(13)16(15-11)8-5-3-4-7(12)6-8/h3-6H,13H2,1-2H3,(H,14,15). The highest BCUT2D eigenvalue weighted by atomic mass is 32.2. The number of nitrogen functional groups attached to an aromatic ring is 1. The molecule has 0 spiro atoms. The van der Waals surface area contributed by atoms with Crippen LogP contribution in [0, 0.1) is 5.82 Å². The van der Waals surface area contributed by atoms with Crippen molar-refractivity contribution < 1.29 is 12.8 Å². The first-order valence-electron chi connectivity index (χ1n) is 5.37. The lowest BCUT2D eigenvalue weighted by atomic mass is 10.3. The Morgan fingerprint density at radius 2 is 2.11 bits per heavy atom. The van der Waals surface area contributed by atoms with Crippen molar-refractivity contribution in [2.75, 3.05) is 24.4 Å². The van der Waals surface area contributed by atoms with Gasteiger partial charge in [0.2, 0.25) is 0 Å². The molecular weight excluding hydrogens is 271 g/mol. The van der Waals surface area contributed by atoms with E-state index < -0.39 is 15.7 Å². The van der Waals surface area contributed by atoms with Crippen LogP contribution in [0.1, 0.15) is 0 Å². The molecule has 0 radical (unpaired) electrons. The van der Waals surface area contributed by atoms with E-state index in [-0.39, 0.29) is 16.5 Å². The lowest BCUT2D eigenvalue weighted by Crippen LogP contribution is -2.06. The van der Waals surface area contributed by atoms with Gasteiger partial charge in [-0.15, -0.1) is 5.10 Å². The molecule has 0 atom stereocenters. The van der Waals surface area contributed by atoms with E-state index in [2.05, 4.69) is 10.4 Å². The lowest BCUT2D eigenvalue weighted by molar-refractivity contribution is 0.602. The molecule has 2 rings (SSSR count). The largest absolute Gasteiger partial charge is 0.382 e. The summed E-state index contributed by atoms with van der Waals surface area (Å²) < 4.78 is 37.8. The van der Waals surface area contributed by atoms with Crippen molar-refractivity contribution in [3.05, 3.63) is 30.1 Å². The molecule has 19 heavy (non-hydrogen) atoms. The zero-order valence-corrected chi connectivity index (χ0v) is 11.2. The van der Waals surface area contributed by atoms with Gasteiger partial charge in [-0.2, -0.15) is 0 Å². The average Bonchev–Trinajstić information content (AvgIpc) is 2.66. The molecule has 0 bridgehead atoms. The highest BCUT2D eigenvalue weighted by molar-refractivity contribution is 7.91. The maximum absolute atomic E-state index is 13.2. The van der Waals surface area contributed by atoms with Gasteiger partial charge in [0.25, 0.3) is 0 Å². The number of hydrogen-bond donors (Lipinski definition) is 2. The zero-order valence-electron chi connectivity index (χ0n) is 10.4. The van der Waals surface area contributed by atoms with E-state index in [1.165, 1.54) is 29.9 Å². The summed E-state index contributed by atoms with van der Waals surface area (Å²) in [6.07, 6.45) is 1.04. The second-order valence-corrected chi connectivity index (χ2v) is 5.93. The SMILES string of the molecule is CNc1nn(-c2cccc(F)c2)c(N)c1S(C)(=O)=O. The molecule has 0 aliphatic heterocycles. The normalized spacial score (nSPS) is 11.5. The van der Waals surface area contributed by atoms with Crippen LogP contribution in [0.3, 0.4) is 0 Å². The van der Waals surface area contributed by atoms with Crippen LogP contribution in [0.4, 0.5) is 16.0 Å². The average molecular weight is 284 g/mol. The molecule has 1 aromatic heterocycles. The third-order valence-corrected chi connectivity index (χ3v) is 3.68. The molecule has 0 fully saturated rings. The topological polar surface area (TPSA) is 90.0 Å². The highest BCUT2D eigenvalue weighted by Crippen LogP contribution is 2.29. The second-order valence-electron chi connectivity index (χ2n) is 3.98. The van der Waals surface area contributed by atoms with E-state index in [9.17, 15) is 12.8 Å². The summed E-state index contributed by atoms with van der Waals surface area (Å²) in [5, 5.41) is 6.70. The number of rotatable bonds is 3. The third-order valence-electron chi connectivity index (χ3n) is 2.54. The monoisotopic (exact) mass is 284 g/mol. The van der Waals surface area contributed by atoms with E-state index in [0.29, 0.717) is 5.69 Å². The van der Waals surface area contributed by atoms with E-state index in [1.807, 2.05) is 0 Å². The van der Waals surface area contributed by atoms with Crippen molar-refractivity contribution in [3.63, 3.8) is 0 Å². The molecule has 0 aliphatic carbocycles. The van der Waals surface area contributed by atoms with Gasteiger partial charge >= 0.3 is 0 Å². The molecule has 0 saturated carbocycles. The van der Waals surface area contributed by atoms with E-state index in [4.69, 9.17) is 5.73 Å². The van der Waals surface area contributed by atoms with Gasteiger partial charge in [0.05, 0.1) is 5.69 Å². The minimum Gasteiger partial charge on any atom is -0.382 e. The Morgan fingerprint density at radius 3 is 2.58 bits per heavy atom. The third kappa shape index (κ3) is 2.39. The van der Waals surface area contributed by atoms with Gasteiger partial charge in [0.15, 0.2) is 20.6 Å². The van der Waals surface area contributed by atoms with Gasteiger partial charge in [0.1, 0.15) is 11.6 Å². The van der Waals surface area contributed by atoms with E-state index in [0.717, 1.165) is 6.26 Å². The van der Waals surface area contributed by atoms with Crippen LogP contribution in [0.25, 0.3) is 5.69 Å². The predicted octanol–water partition coefficient (Wildman–Crippen LogP) is 1.04. The summed E-state index contributed by atoms with van der Waals surface area (Å²) >= 11 is 0. The van der Waals surface area contributed by atoms with Crippen molar-refractivity contribution in [2.24, 2.45) is 0 Å². The molecule has 3 N–H and O–H groups in total. The molecule has 8 heteroatoms. The molecule has 102 valence electrons. The van der Waals surface area contributed by atoms with Gasteiger partial charge in [-0.25, -0.2) is 17.5 Å². The number of hydrogen-bond acceptors (Lipinski definition) is 5. The minimum absolute atomic E-state index is 0.0579. The molecule has 0 saturated heterocycles. The summed E-state index contributed by atoms with van der Waals surface area (Å²) in [5.41, 5.74) is 6.16. The molecule has 0 unspecified atom stereocenters. The Balaban J connectivity index is 2.71. The Hall–Kier alpha value is -2.09. The lowest BCUT2D eigenvalue weighted by Gasteiger charge is -2.04. The first kappa shape index (κ1) is 13.3. The van der Waals surface area contributed by atoms with Crippen molar-refractivity contribution in [1.82, 2.24) is 9.78 Å². The number of nitrogens with two attached hydrogens (primary N) is 1. The number of benzene rings is 1. The Morgan fingerprint density at radius 1 is 1.42 bits per heavy atom. The van der Waals surface area contributed by atoms with Crippen LogP contribution in [0.5, 0.6) is 0 Å². The van der Waals surface area contributed by atoms with Crippen molar-refractivity contribution >= 4 is 21.5 Å². The van der Waals surface area contributed by atoms with Crippen molar-refractivity contribution in [2.45, 2.75) is 4.90 Å². The van der Waals surface area contributed by atoms with E-state index in [1.54, 1.807) is 6.07 Å². The maximum Gasteiger partial charge on any atom is 0.182 e. The molecule has 1 aromatic carbocycles. The number of anilines is 2. The molecule has 6 nitrogen and oxygen atoms in total. The fraction of sp³-hybridized carbons (Fsp3) is 0.182. The first-order chi connectivity index (χ1) is 8.84. The van der Waals surface area contributed by atoms with E-state index >= 15 is 0 Å². The Labute approximate surface area is 110 Å². The van der Waals surface area contributed by atoms with Gasteiger partial charge in [-0.1, -0.05) is 6.07 Å². The quantitative estimate of drug-likeness (QED) is 0.879. The van der Waals surface area contributed by atoms with Gasteiger partial charge < -0.3 is 11.1 Å². The summed E-state index contributed by atoms with van der Waals surface area (Å²) in [5.74, 6) is -0.388. The summed E-state index contributed by atoms with van der Waals surface area (Å²) in [6.45, 7) is 0. The fourth-order valence-electron chi connectivity index (χ4n) is 1.75. The van der Waals surface area contributed by atoms with Crippen molar-refractivity contribution in [1.29, 1.82) is 0 Å². The smallest absolute Gasteiger partial charge is 0.182 e. The summed E-state index contributed by atoms with van der Waals surface area (Å²) in [4.78, 5) is -0.0979. The maximum atomic E-state index is 13.2. The number of nitrogens with one attached hydrogen (secondary N) is 1. The number of sulfone groups is 1. The molecule has 2 aromatic rings. The number of nitrogens with zero attached hydrogens (tertiary/aromatic N) is 2. The minimum atomic E-state index is -3.54. The van der Waals surface area contributed by atoms with Crippen LogP contribution >= 0.6 is 0 Å². The molecule has 0 amide bonds. The second kappa shape index (κ2) is 4.54. The van der Waals surface area contributed by atoms with Gasteiger partial charge in [-0.3, -0.25) is 0 Å². The zero-order chi connectivity index (χ0) is 14.2. The Bertz CT molecular complexity index is 724. The highest BCUT2D eigenvalue weighted by Gasteiger charge is 2.24.